The van der Waals surface area contributed by atoms with E-state index >= 15 is 0 Å². The van der Waals surface area contributed by atoms with Crippen molar-refractivity contribution in [1.82, 2.24) is 9.13 Å². The van der Waals surface area contributed by atoms with Crippen LogP contribution in [0, 0.1) is 0 Å². The number of carbonyl (C=O) groups is 1. The van der Waals surface area contributed by atoms with Crippen molar-refractivity contribution >= 4 is 34.3 Å². The van der Waals surface area contributed by atoms with Crippen LogP contribution in [0.25, 0.3) is 16.7 Å². The van der Waals surface area contributed by atoms with E-state index in [4.69, 9.17) is 22.1 Å². The molecule has 2 aromatic carbocycles. The van der Waals surface area contributed by atoms with Crippen LogP contribution in [0.1, 0.15) is 30.9 Å². The standard InChI is InChI=1S/C20H20ClN3O3/c1-27-19(25)10-8-14-15(22)3-2-4-16(14)24-18-11-12(21)5-9-17(18)23(20(24)26)13-6-7-13/h2-5,9,11,13H,6-8,10,22H2,1H3. The molecular weight excluding hydrogens is 366 g/mol. The van der Waals surface area contributed by atoms with E-state index in [2.05, 4.69) is 0 Å². The fraction of sp³-hybridized carbons (Fsp3) is 0.300. The molecule has 0 saturated heterocycles. The molecule has 6 nitrogen and oxygen atoms in total. The Balaban J connectivity index is 1.94. The maximum atomic E-state index is 13.3. The van der Waals surface area contributed by atoms with Crippen molar-refractivity contribution in [1.29, 1.82) is 0 Å². The summed E-state index contributed by atoms with van der Waals surface area (Å²) >= 11 is 6.22. The number of fused-ring (bicyclic) bond motifs is 1. The minimum atomic E-state index is -0.319. The molecule has 0 amide bonds. The van der Waals surface area contributed by atoms with E-state index in [0.29, 0.717) is 22.8 Å². The Morgan fingerprint density at radius 2 is 2.04 bits per heavy atom. The van der Waals surface area contributed by atoms with Gasteiger partial charge in [-0.05, 0) is 55.2 Å². The second-order valence-corrected chi connectivity index (χ2v) is 7.21. The van der Waals surface area contributed by atoms with Crippen LogP contribution in [-0.4, -0.2) is 22.2 Å². The number of benzene rings is 2. The van der Waals surface area contributed by atoms with Crippen molar-refractivity contribution in [3.05, 3.63) is 57.5 Å². The summed E-state index contributed by atoms with van der Waals surface area (Å²) < 4.78 is 8.23. The number of halogens is 1. The summed E-state index contributed by atoms with van der Waals surface area (Å²) in [5.74, 6) is -0.319. The third-order valence-corrected chi connectivity index (χ3v) is 5.22. The monoisotopic (exact) mass is 385 g/mol. The molecule has 1 aromatic heterocycles. The summed E-state index contributed by atoms with van der Waals surface area (Å²) in [5, 5.41) is 0.559. The zero-order valence-corrected chi connectivity index (χ0v) is 15.7. The van der Waals surface area contributed by atoms with Crippen LogP contribution in [0.3, 0.4) is 0 Å². The fourth-order valence-corrected chi connectivity index (χ4v) is 3.68. The third kappa shape index (κ3) is 3.10. The summed E-state index contributed by atoms with van der Waals surface area (Å²) in [6, 6.07) is 11.1. The normalized spacial score (nSPS) is 13.9. The number of hydrogen-bond acceptors (Lipinski definition) is 4. The first kappa shape index (κ1) is 17.7. The summed E-state index contributed by atoms with van der Waals surface area (Å²) in [5.41, 5.74) is 9.64. The first-order valence-corrected chi connectivity index (χ1v) is 9.26. The van der Waals surface area contributed by atoms with Crippen LogP contribution >= 0.6 is 11.6 Å². The topological polar surface area (TPSA) is 79.2 Å². The molecule has 3 aromatic rings. The molecule has 0 radical (unpaired) electrons. The predicted octanol–water partition coefficient (Wildman–Crippen LogP) is 3.47. The van der Waals surface area contributed by atoms with Gasteiger partial charge in [0.05, 0.1) is 23.8 Å². The lowest BCUT2D eigenvalue weighted by atomic mass is 10.0. The van der Waals surface area contributed by atoms with Crippen molar-refractivity contribution in [2.75, 3.05) is 12.8 Å². The molecular formula is C20H20ClN3O3. The van der Waals surface area contributed by atoms with Crippen LogP contribution in [0.5, 0.6) is 0 Å². The van der Waals surface area contributed by atoms with E-state index < -0.39 is 0 Å². The highest BCUT2D eigenvalue weighted by Gasteiger charge is 2.29. The third-order valence-electron chi connectivity index (χ3n) is 4.98. The Hall–Kier alpha value is -2.73. The maximum absolute atomic E-state index is 13.3. The first-order chi connectivity index (χ1) is 13.0. The molecule has 0 unspecified atom stereocenters. The lowest BCUT2D eigenvalue weighted by molar-refractivity contribution is -0.140. The Morgan fingerprint density at radius 1 is 1.26 bits per heavy atom. The molecule has 4 rings (SSSR count). The average Bonchev–Trinajstić information content (AvgIpc) is 3.44. The molecule has 1 aliphatic rings. The Labute approximate surface area is 161 Å². The summed E-state index contributed by atoms with van der Waals surface area (Å²) in [4.78, 5) is 24.9. The number of anilines is 1. The van der Waals surface area contributed by atoms with Gasteiger partial charge >= 0.3 is 11.7 Å². The first-order valence-electron chi connectivity index (χ1n) is 8.88. The van der Waals surface area contributed by atoms with Crippen LogP contribution < -0.4 is 11.4 Å². The molecule has 0 aliphatic heterocycles. The number of aromatic nitrogens is 2. The van der Waals surface area contributed by atoms with Crippen molar-refractivity contribution in [3.8, 4) is 5.69 Å². The van der Waals surface area contributed by atoms with Crippen LogP contribution in [-0.2, 0) is 16.0 Å². The molecule has 1 saturated carbocycles. The average molecular weight is 386 g/mol. The number of nitrogens with zero attached hydrogens (tertiary/aromatic N) is 2. The smallest absolute Gasteiger partial charge is 0.333 e. The number of carbonyl (C=O) groups excluding carboxylic acids is 1. The number of hydrogen-bond donors (Lipinski definition) is 1. The molecule has 2 N–H and O–H groups in total. The highest BCUT2D eigenvalue weighted by molar-refractivity contribution is 6.31. The molecule has 27 heavy (non-hydrogen) atoms. The summed E-state index contributed by atoms with van der Waals surface area (Å²) in [6.07, 6.45) is 2.56. The second-order valence-electron chi connectivity index (χ2n) is 6.77. The van der Waals surface area contributed by atoms with Gasteiger partial charge in [0.25, 0.3) is 0 Å². The SMILES string of the molecule is COC(=O)CCc1c(N)cccc1-n1c(=O)n(C2CC2)c2ccc(Cl)cc21. The minimum Gasteiger partial charge on any atom is -0.469 e. The number of methoxy groups -OCH3 is 1. The van der Waals surface area contributed by atoms with E-state index in [-0.39, 0.29) is 24.1 Å². The molecule has 0 spiro atoms. The van der Waals surface area contributed by atoms with E-state index in [9.17, 15) is 9.59 Å². The number of nitrogens with two attached hydrogens (primary N) is 1. The van der Waals surface area contributed by atoms with Crippen molar-refractivity contribution in [2.24, 2.45) is 0 Å². The fourth-order valence-electron chi connectivity index (χ4n) is 3.51. The van der Waals surface area contributed by atoms with Crippen LogP contribution in [0.15, 0.2) is 41.2 Å². The second kappa shape index (κ2) is 6.78. The van der Waals surface area contributed by atoms with Gasteiger partial charge in [-0.3, -0.25) is 13.9 Å². The van der Waals surface area contributed by atoms with E-state index in [1.807, 2.05) is 22.8 Å². The summed E-state index contributed by atoms with van der Waals surface area (Å²) in [7, 11) is 1.35. The molecule has 1 aliphatic carbocycles. The highest BCUT2D eigenvalue weighted by atomic mass is 35.5. The van der Waals surface area contributed by atoms with Gasteiger partial charge in [0, 0.05) is 23.2 Å². The Morgan fingerprint density at radius 3 is 2.74 bits per heavy atom. The van der Waals surface area contributed by atoms with Crippen molar-refractivity contribution in [3.63, 3.8) is 0 Å². The zero-order valence-electron chi connectivity index (χ0n) is 14.9. The van der Waals surface area contributed by atoms with Crippen molar-refractivity contribution < 1.29 is 9.53 Å². The van der Waals surface area contributed by atoms with E-state index in [0.717, 1.165) is 29.4 Å². The van der Waals surface area contributed by atoms with Crippen LogP contribution in [0.4, 0.5) is 5.69 Å². The van der Waals surface area contributed by atoms with Gasteiger partial charge < -0.3 is 10.5 Å². The zero-order chi connectivity index (χ0) is 19.1. The molecule has 140 valence electrons. The van der Waals surface area contributed by atoms with E-state index in [1.54, 1.807) is 22.8 Å². The largest absolute Gasteiger partial charge is 0.469 e. The molecule has 1 fully saturated rings. The van der Waals surface area contributed by atoms with Gasteiger partial charge in [0.2, 0.25) is 0 Å². The molecule has 0 atom stereocenters. The number of ether oxygens (including phenoxy) is 1. The van der Waals surface area contributed by atoms with Gasteiger partial charge in [-0.1, -0.05) is 17.7 Å². The number of rotatable bonds is 5. The van der Waals surface area contributed by atoms with Gasteiger partial charge in [0.15, 0.2) is 0 Å². The molecule has 7 heteroatoms. The summed E-state index contributed by atoms with van der Waals surface area (Å²) in [6.45, 7) is 0. The minimum absolute atomic E-state index is 0.111. The van der Waals surface area contributed by atoms with E-state index in [1.165, 1.54) is 7.11 Å². The number of nitrogen functional groups attached to an aromatic ring is 1. The Bertz CT molecular complexity index is 1100. The molecule has 0 bridgehead atoms. The lowest BCUT2D eigenvalue weighted by Crippen LogP contribution is -2.23. The number of esters is 1. The predicted molar refractivity (Wildman–Crippen MR) is 106 cm³/mol. The highest BCUT2D eigenvalue weighted by Crippen LogP contribution is 2.37. The van der Waals surface area contributed by atoms with Gasteiger partial charge in [-0.2, -0.15) is 0 Å². The van der Waals surface area contributed by atoms with Crippen molar-refractivity contribution in [2.45, 2.75) is 31.7 Å². The number of imidazole rings is 1. The van der Waals surface area contributed by atoms with Crippen LogP contribution in [0.2, 0.25) is 5.02 Å². The lowest BCUT2D eigenvalue weighted by Gasteiger charge is -2.13. The van der Waals surface area contributed by atoms with Gasteiger partial charge in [-0.15, -0.1) is 0 Å². The quantitative estimate of drug-likeness (QED) is 0.538. The van der Waals surface area contributed by atoms with Gasteiger partial charge in [0.1, 0.15) is 0 Å². The Kier molecular flexibility index (Phi) is 4.44. The maximum Gasteiger partial charge on any atom is 0.333 e. The molecule has 1 heterocycles. The van der Waals surface area contributed by atoms with Gasteiger partial charge in [-0.25, -0.2) is 4.79 Å².